The van der Waals surface area contributed by atoms with Crippen LogP contribution in [-0.2, 0) is 4.74 Å². The van der Waals surface area contributed by atoms with Crippen molar-refractivity contribution < 1.29 is 4.74 Å². The van der Waals surface area contributed by atoms with E-state index < -0.39 is 0 Å². The Hall–Kier alpha value is -2.79. The summed E-state index contributed by atoms with van der Waals surface area (Å²) in [5, 5.41) is 12.6. The molecule has 0 aromatic carbocycles. The van der Waals surface area contributed by atoms with E-state index in [1.807, 2.05) is 6.07 Å². The van der Waals surface area contributed by atoms with Gasteiger partial charge in [0.25, 0.3) is 0 Å². The maximum Gasteiger partial charge on any atom is 0.146 e. The van der Waals surface area contributed by atoms with Crippen molar-refractivity contribution in [2.24, 2.45) is 0 Å². The molecule has 134 valence electrons. The Bertz CT molecular complexity index is 803. The van der Waals surface area contributed by atoms with E-state index in [2.05, 4.69) is 36.2 Å². The van der Waals surface area contributed by atoms with Crippen molar-refractivity contribution in [1.82, 2.24) is 19.9 Å². The summed E-state index contributed by atoms with van der Waals surface area (Å²) >= 11 is 0. The minimum absolute atomic E-state index is 0.166. The molecule has 1 N–H and O–H groups in total. The summed E-state index contributed by atoms with van der Waals surface area (Å²) in [7, 11) is 1.74. The van der Waals surface area contributed by atoms with Crippen molar-refractivity contribution in [3.8, 4) is 6.07 Å². The molecule has 1 aliphatic carbocycles. The van der Waals surface area contributed by atoms with Gasteiger partial charge in [0.05, 0.1) is 12.1 Å². The van der Waals surface area contributed by atoms with Crippen LogP contribution in [0.25, 0.3) is 0 Å². The quantitative estimate of drug-likeness (QED) is 0.840. The van der Waals surface area contributed by atoms with Crippen LogP contribution < -0.4 is 10.2 Å². The van der Waals surface area contributed by atoms with Gasteiger partial charge >= 0.3 is 0 Å². The third-order valence-corrected chi connectivity index (χ3v) is 4.89. The Morgan fingerprint density at radius 2 is 2.27 bits per heavy atom. The largest absolute Gasteiger partial charge is 0.380 e. The molecule has 4 rings (SSSR count). The molecule has 8 nitrogen and oxygen atoms in total. The second kappa shape index (κ2) is 7.22. The number of nitriles is 1. The van der Waals surface area contributed by atoms with Crippen molar-refractivity contribution in [1.29, 1.82) is 5.26 Å². The van der Waals surface area contributed by atoms with E-state index in [1.165, 1.54) is 0 Å². The summed E-state index contributed by atoms with van der Waals surface area (Å²) in [4.78, 5) is 19.5. The van der Waals surface area contributed by atoms with Gasteiger partial charge in [0, 0.05) is 38.4 Å². The molecular weight excluding hydrogens is 330 g/mol. The summed E-state index contributed by atoms with van der Waals surface area (Å²) in [6.45, 7) is 1.48. The highest BCUT2D eigenvalue weighted by Crippen LogP contribution is 2.38. The van der Waals surface area contributed by atoms with Crippen LogP contribution >= 0.6 is 0 Å². The lowest BCUT2D eigenvalue weighted by Crippen LogP contribution is -2.35. The lowest BCUT2D eigenvalue weighted by molar-refractivity contribution is 0.118. The van der Waals surface area contributed by atoms with E-state index >= 15 is 0 Å². The van der Waals surface area contributed by atoms with E-state index in [-0.39, 0.29) is 12.1 Å². The van der Waals surface area contributed by atoms with E-state index in [9.17, 15) is 5.26 Å². The molecule has 2 aromatic rings. The van der Waals surface area contributed by atoms with E-state index in [1.54, 1.807) is 25.7 Å². The lowest BCUT2D eigenvalue weighted by Gasteiger charge is -2.25. The van der Waals surface area contributed by atoms with Crippen LogP contribution in [-0.4, -0.2) is 52.3 Å². The first-order valence-electron chi connectivity index (χ1n) is 8.85. The van der Waals surface area contributed by atoms with Crippen molar-refractivity contribution in [3.05, 3.63) is 36.2 Å². The van der Waals surface area contributed by atoms with E-state index in [0.29, 0.717) is 24.0 Å². The van der Waals surface area contributed by atoms with Crippen molar-refractivity contribution in [2.45, 2.75) is 37.3 Å². The number of hydrogen-bond acceptors (Lipinski definition) is 8. The molecule has 0 unspecified atom stereocenters. The molecule has 8 heteroatoms. The zero-order chi connectivity index (χ0) is 17.9. The summed E-state index contributed by atoms with van der Waals surface area (Å²) in [5.41, 5.74) is 0.415. The van der Waals surface area contributed by atoms with E-state index in [0.717, 1.165) is 37.4 Å². The summed E-state index contributed by atoms with van der Waals surface area (Å²) in [5.74, 6) is 2.79. The van der Waals surface area contributed by atoms with Gasteiger partial charge in [-0.3, -0.25) is 0 Å². The van der Waals surface area contributed by atoms with Gasteiger partial charge in [0.15, 0.2) is 0 Å². The average Bonchev–Trinajstić information content (AvgIpc) is 3.46. The van der Waals surface area contributed by atoms with Crippen molar-refractivity contribution in [2.75, 3.05) is 30.4 Å². The molecule has 2 aromatic heterocycles. The fourth-order valence-corrected chi connectivity index (χ4v) is 3.33. The first-order chi connectivity index (χ1) is 12.8. The SMILES string of the molecule is CO[C@@H]1C[C@H](CNc2cc(C#N)nc(C3CC3)n2)N(c2ccncn2)C1. The smallest absolute Gasteiger partial charge is 0.146 e. The summed E-state index contributed by atoms with van der Waals surface area (Å²) < 4.78 is 5.56. The van der Waals surface area contributed by atoms with Gasteiger partial charge in [0.2, 0.25) is 0 Å². The maximum atomic E-state index is 9.22. The van der Waals surface area contributed by atoms with Crippen molar-refractivity contribution >= 4 is 11.6 Å². The van der Waals surface area contributed by atoms with Crippen LogP contribution in [0.4, 0.5) is 11.6 Å². The second-order valence-corrected chi connectivity index (χ2v) is 6.73. The average molecular weight is 351 g/mol. The predicted molar refractivity (Wildman–Crippen MR) is 95.8 cm³/mol. The van der Waals surface area contributed by atoms with Crippen LogP contribution in [0.5, 0.6) is 0 Å². The highest BCUT2D eigenvalue weighted by Gasteiger charge is 2.33. The van der Waals surface area contributed by atoms with Gasteiger partial charge in [-0.05, 0) is 25.3 Å². The normalized spacial score (nSPS) is 22.2. The Kier molecular flexibility index (Phi) is 4.63. The first kappa shape index (κ1) is 16.7. The fraction of sp³-hybridized carbons (Fsp3) is 0.500. The van der Waals surface area contributed by atoms with Crippen LogP contribution in [0.3, 0.4) is 0 Å². The molecule has 1 saturated heterocycles. The topological polar surface area (TPSA) is 99.8 Å². The molecule has 0 amide bonds. The Morgan fingerprint density at radius 1 is 1.38 bits per heavy atom. The molecule has 0 radical (unpaired) electrons. The number of anilines is 2. The lowest BCUT2D eigenvalue weighted by atomic mass is 10.2. The van der Waals surface area contributed by atoms with Crippen LogP contribution in [0.1, 0.15) is 36.7 Å². The molecule has 0 bridgehead atoms. The van der Waals surface area contributed by atoms with Crippen LogP contribution in [0, 0.1) is 11.3 Å². The first-order valence-corrected chi connectivity index (χ1v) is 8.85. The summed E-state index contributed by atoms with van der Waals surface area (Å²) in [6, 6.07) is 5.98. The number of methoxy groups -OCH3 is 1. The third-order valence-electron chi connectivity index (χ3n) is 4.89. The minimum Gasteiger partial charge on any atom is -0.380 e. The molecule has 2 aliphatic rings. The number of rotatable bonds is 6. The standard InChI is InChI=1S/C18H21N7O/c1-26-15-7-14(25(10-15)17-4-5-20-11-22-17)9-21-16-6-13(8-19)23-18(24-16)12-2-3-12/h4-6,11-12,14-15H,2-3,7,9-10H2,1H3,(H,21,23,24)/t14-,15-/m1/s1. The van der Waals surface area contributed by atoms with Gasteiger partial charge in [-0.2, -0.15) is 5.26 Å². The number of aromatic nitrogens is 4. The number of ether oxygens (including phenoxy) is 1. The zero-order valence-electron chi connectivity index (χ0n) is 14.7. The third kappa shape index (κ3) is 3.58. The molecule has 0 spiro atoms. The van der Waals surface area contributed by atoms with Crippen LogP contribution in [0.15, 0.2) is 24.7 Å². The molecule has 2 fully saturated rings. The number of nitrogens with zero attached hydrogens (tertiary/aromatic N) is 6. The van der Waals surface area contributed by atoms with Gasteiger partial charge < -0.3 is 15.0 Å². The number of nitrogens with one attached hydrogen (secondary N) is 1. The van der Waals surface area contributed by atoms with Gasteiger partial charge in [-0.25, -0.2) is 19.9 Å². The van der Waals surface area contributed by atoms with Crippen molar-refractivity contribution in [3.63, 3.8) is 0 Å². The summed E-state index contributed by atoms with van der Waals surface area (Å²) in [6.07, 6.45) is 6.59. The van der Waals surface area contributed by atoms with Gasteiger partial charge in [-0.15, -0.1) is 0 Å². The molecule has 3 heterocycles. The van der Waals surface area contributed by atoms with Crippen LogP contribution in [0.2, 0.25) is 0 Å². The van der Waals surface area contributed by atoms with Gasteiger partial charge in [0.1, 0.15) is 35.6 Å². The molecule has 1 aliphatic heterocycles. The molecule has 26 heavy (non-hydrogen) atoms. The highest BCUT2D eigenvalue weighted by molar-refractivity contribution is 5.44. The zero-order valence-corrected chi connectivity index (χ0v) is 14.7. The fourth-order valence-electron chi connectivity index (χ4n) is 3.33. The number of hydrogen-bond donors (Lipinski definition) is 1. The molecule has 1 saturated carbocycles. The Balaban J connectivity index is 1.49. The van der Waals surface area contributed by atoms with Gasteiger partial charge in [-0.1, -0.05) is 0 Å². The second-order valence-electron chi connectivity index (χ2n) is 6.73. The Morgan fingerprint density at radius 3 is 2.96 bits per heavy atom. The maximum absolute atomic E-state index is 9.22. The minimum atomic E-state index is 0.166. The highest BCUT2D eigenvalue weighted by atomic mass is 16.5. The Labute approximate surface area is 152 Å². The molecular formula is C18H21N7O. The molecule has 2 atom stereocenters. The monoisotopic (exact) mass is 351 g/mol. The van der Waals surface area contributed by atoms with E-state index in [4.69, 9.17) is 4.74 Å². The predicted octanol–water partition coefficient (Wildman–Crippen LogP) is 1.72.